The largest absolute Gasteiger partial charge is 0.465 e. The molecule has 0 aromatic heterocycles. The third-order valence-electron chi connectivity index (χ3n) is 6.37. The first-order valence-corrected chi connectivity index (χ1v) is 9.46. The lowest BCUT2D eigenvalue weighted by atomic mass is 9.68. The van der Waals surface area contributed by atoms with E-state index in [9.17, 15) is 9.18 Å². The zero-order valence-electron chi connectivity index (χ0n) is 14.9. The number of hydrogen-bond donors (Lipinski definition) is 0. The van der Waals surface area contributed by atoms with Crippen molar-refractivity contribution < 1.29 is 13.9 Å². The lowest BCUT2D eigenvalue weighted by Crippen LogP contribution is -2.24. The van der Waals surface area contributed by atoms with Crippen molar-refractivity contribution in [2.75, 3.05) is 7.11 Å². The van der Waals surface area contributed by atoms with Crippen LogP contribution in [0.3, 0.4) is 0 Å². The number of hydrogen-bond acceptors (Lipinski definition) is 2. The van der Waals surface area contributed by atoms with Crippen LogP contribution in [-0.2, 0) is 4.74 Å². The summed E-state index contributed by atoms with van der Waals surface area (Å²) in [6.07, 6.45) is 10.4. The molecule has 24 heavy (non-hydrogen) atoms. The summed E-state index contributed by atoms with van der Waals surface area (Å²) in [5, 5.41) is 0. The Morgan fingerprint density at radius 3 is 2.12 bits per heavy atom. The van der Waals surface area contributed by atoms with Gasteiger partial charge in [-0.25, -0.2) is 9.18 Å². The maximum Gasteiger partial charge on any atom is 0.340 e. The van der Waals surface area contributed by atoms with Gasteiger partial charge in [-0.2, -0.15) is 0 Å². The minimum atomic E-state index is -0.603. The van der Waals surface area contributed by atoms with Gasteiger partial charge < -0.3 is 4.74 Å². The van der Waals surface area contributed by atoms with Gasteiger partial charge in [-0.1, -0.05) is 25.8 Å². The Bertz CT molecular complexity index is 567. The highest BCUT2D eigenvalue weighted by Gasteiger charge is 2.30. The summed E-state index contributed by atoms with van der Waals surface area (Å²) in [6, 6.07) is 5.02. The first-order valence-electron chi connectivity index (χ1n) is 9.46. The topological polar surface area (TPSA) is 26.3 Å². The van der Waals surface area contributed by atoms with Crippen LogP contribution >= 0.6 is 0 Å². The van der Waals surface area contributed by atoms with Gasteiger partial charge in [0.15, 0.2) is 0 Å². The highest BCUT2D eigenvalue weighted by molar-refractivity contribution is 5.89. The molecule has 3 heteroatoms. The molecule has 0 N–H and O–H groups in total. The number of carbonyl (C=O) groups excluding carboxylic acids is 1. The van der Waals surface area contributed by atoms with Gasteiger partial charge in [-0.15, -0.1) is 0 Å². The summed E-state index contributed by atoms with van der Waals surface area (Å²) in [6.45, 7) is 2.37. The first-order chi connectivity index (χ1) is 11.6. The maximum absolute atomic E-state index is 14.1. The van der Waals surface area contributed by atoms with Gasteiger partial charge in [0.1, 0.15) is 5.82 Å². The van der Waals surface area contributed by atoms with Crippen LogP contribution in [-0.4, -0.2) is 13.1 Å². The lowest BCUT2D eigenvalue weighted by molar-refractivity contribution is 0.0595. The van der Waals surface area contributed by atoms with Crippen LogP contribution in [0.4, 0.5) is 4.39 Å². The van der Waals surface area contributed by atoms with Crippen LogP contribution in [0.15, 0.2) is 18.2 Å². The molecule has 0 amide bonds. The van der Waals surface area contributed by atoms with Crippen LogP contribution < -0.4 is 0 Å². The molecule has 1 aromatic carbocycles. The number of carbonyl (C=O) groups is 1. The van der Waals surface area contributed by atoms with Crippen LogP contribution in [0.5, 0.6) is 0 Å². The van der Waals surface area contributed by atoms with E-state index in [0.717, 1.165) is 36.2 Å². The Hall–Kier alpha value is -1.38. The minimum Gasteiger partial charge on any atom is -0.465 e. The van der Waals surface area contributed by atoms with E-state index in [1.54, 1.807) is 12.1 Å². The molecule has 132 valence electrons. The zero-order chi connectivity index (χ0) is 17.1. The minimum absolute atomic E-state index is 0.0336. The molecule has 0 atom stereocenters. The van der Waals surface area contributed by atoms with Crippen LogP contribution in [0.1, 0.15) is 80.1 Å². The Morgan fingerprint density at radius 2 is 1.58 bits per heavy atom. The van der Waals surface area contributed by atoms with Crippen molar-refractivity contribution in [1.82, 2.24) is 0 Å². The van der Waals surface area contributed by atoms with E-state index in [4.69, 9.17) is 0 Å². The van der Waals surface area contributed by atoms with Crippen molar-refractivity contribution in [2.24, 2.45) is 17.8 Å². The predicted octanol–water partition coefficient (Wildman–Crippen LogP) is 5.71. The molecule has 0 unspecified atom stereocenters. The molecule has 0 bridgehead atoms. The molecule has 0 saturated heterocycles. The van der Waals surface area contributed by atoms with E-state index < -0.39 is 11.8 Å². The molecule has 2 saturated carbocycles. The van der Waals surface area contributed by atoms with Gasteiger partial charge in [0.25, 0.3) is 0 Å². The molecule has 2 fully saturated rings. The van der Waals surface area contributed by atoms with Gasteiger partial charge >= 0.3 is 5.97 Å². The molecule has 0 heterocycles. The molecule has 3 rings (SSSR count). The number of ether oxygens (including phenoxy) is 1. The standard InChI is InChI=1S/C21H29FO2/c1-14-3-5-15(6-4-14)16-7-9-17(10-8-16)18-11-12-19(20(22)13-18)21(23)24-2/h11-17H,3-10H2,1-2H3. The molecular weight excluding hydrogens is 303 g/mol. The Labute approximate surface area is 144 Å². The number of benzene rings is 1. The monoisotopic (exact) mass is 332 g/mol. The summed E-state index contributed by atoms with van der Waals surface area (Å²) in [5.74, 6) is 2.07. The van der Waals surface area contributed by atoms with E-state index in [0.29, 0.717) is 5.92 Å². The second kappa shape index (κ2) is 7.67. The van der Waals surface area contributed by atoms with Crippen molar-refractivity contribution >= 4 is 5.97 Å². The second-order valence-corrected chi connectivity index (χ2v) is 7.86. The average Bonchev–Trinajstić information content (AvgIpc) is 2.62. The van der Waals surface area contributed by atoms with Crippen LogP contribution in [0.25, 0.3) is 0 Å². The average molecular weight is 332 g/mol. The second-order valence-electron chi connectivity index (χ2n) is 7.86. The van der Waals surface area contributed by atoms with Gasteiger partial charge in [0.2, 0.25) is 0 Å². The lowest BCUT2D eigenvalue weighted by Gasteiger charge is -2.37. The fourth-order valence-electron chi connectivity index (χ4n) is 4.74. The van der Waals surface area contributed by atoms with Crippen molar-refractivity contribution in [3.8, 4) is 0 Å². The summed E-state index contributed by atoms with van der Waals surface area (Å²) < 4.78 is 18.8. The maximum atomic E-state index is 14.1. The highest BCUT2D eigenvalue weighted by atomic mass is 19.1. The molecule has 1 aromatic rings. The van der Waals surface area contributed by atoms with Crippen molar-refractivity contribution in [2.45, 2.75) is 64.2 Å². The number of halogens is 1. The van der Waals surface area contributed by atoms with E-state index >= 15 is 0 Å². The third kappa shape index (κ3) is 3.81. The van der Waals surface area contributed by atoms with E-state index in [1.807, 2.05) is 6.07 Å². The molecule has 0 aliphatic heterocycles. The molecule has 0 spiro atoms. The number of esters is 1. The van der Waals surface area contributed by atoms with E-state index in [-0.39, 0.29) is 5.56 Å². The van der Waals surface area contributed by atoms with Crippen LogP contribution in [0, 0.1) is 23.6 Å². The van der Waals surface area contributed by atoms with Gasteiger partial charge in [0, 0.05) is 0 Å². The van der Waals surface area contributed by atoms with Crippen LogP contribution in [0.2, 0.25) is 0 Å². The van der Waals surface area contributed by atoms with Gasteiger partial charge in [-0.3, -0.25) is 0 Å². The Morgan fingerprint density at radius 1 is 1.00 bits per heavy atom. The molecular formula is C21H29FO2. The SMILES string of the molecule is COC(=O)c1ccc(C2CCC(C3CCC(C)CC3)CC2)cc1F. The Balaban J connectivity index is 1.58. The predicted molar refractivity (Wildman–Crippen MR) is 93.6 cm³/mol. The third-order valence-corrected chi connectivity index (χ3v) is 6.37. The van der Waals surface area contributed by atoms with E-state index in [1.165, 1.54) is 45.6 Å². The number of methoxy groups -OCH3 is 1. The van der Waals surface area contributed by atoms with Crippen molar-refractivity contribution in [1.29, 1.82) is 0 Å². The van der Waals surface area contributed by atoms with Gasteiger partial charge in [0.05, 0.1) is 12.7 Å². The summed E-state index contributed by atoms with van der Waals surface area (Å²) in [7, 11) is 1.28. The summed E-state index contributed by atoms with van der Waals surface area (Å²) >= 11 is 0. The number of rotatable bonds is 3. The summed E-state index contributed by atoms with van der Waals surface area (Å²) in [5.41, 5.74) is 1.07. The molecule has 2 nitrogen and oxygen atoms in total. The quantitative estimate of drug-likeness (QED) is 0.662. The van der Waals surface area contributed by atoms with Gasteiger partial charge in [-0.05, 0) is 79.9 Å². The fraction of sp³-hybridized carbons (Fsp3) is 0.667. The molecule has 2 aliphatic carbocycles. The van der Waals surface area contributed by atoms with Crippen molar-refractivity contribution in [3.63, 3.8) is 0 Å². The molecule has 2 aliphatic rings. The molecule has 0 radical (unpaired) electrons. The Kier molecular flexibility index (Phi) is 5.57. The normalized spacial score (nSPS) is 30.8. The zero-order valence-corrected chi connectivity index (χ0v) is 14.9. The fourth-order valence-corrected chi connectivity index (χ4v) is 4.74. The highest BCUT2D eigenvalue weighted by Crippen LogP contribution is 2.43. The summed E-state index contributed by atoms with van der Waals surface area (Å²) in [4.78, 5) is 11.5. The first kappa shape index (κ1) is 17.4. The van der Waals surface area contributed by atoms with Crippen molar-refractivity contribution in [3.05, 3.63) is 35.1 Å². The van der Waals surface area contributed by atoms with E-state index in [2.05, 4.69) is 11.7 Å². The smallest absolute Gasteiger partial charge is 0.340 e.